The molecule has 0 radical (unpaired) electrons. The first-order chi connectivity index (χ1) is 16.0. The zero-order chi connectivity index (χ0) is 23.2. The molecule has 1 atom stereocenters. The molecule has 0 aliphatic carbocycles. The third kappa shape index (κ3) is 5.51. The number of carbonyl (C=O) groups excluding carboxylic acids is 1. The summed E-state index contributed by atoms with van der Waals surface area (Å²) in [5.41, 5.74) is 10.1. The molecule has 7 nitrogen and oxygen atoms in total. The van der Waals surface area contributed by atoms with Crippen LogP contribution in [0, 0.1) is 6.92 Å². The number of fused-ring (bicyclic) bond motifs is 1. The van der Waals surface area contributed by atoms with Gasteiger partial charge in [-0.25, -0.2) is 0 Å². The molecule has 0 spiro atoms. The highest BCUT2D eigenvalue weighted by atomic mass is 16.2. The van der Waals surface area contributed by atoms with Crippen LogP contribution in [0.4, 0.5) is 5.69 Å². The molecule has 0 unspecified atom stereocenters. The summed E-state index contributed by atoms with van der Waals surface area (Å²) in [5.74, 6) is -0.217. The van der Waals surface area contributed by atoms with Crippen molar-refractivity contribution < 1.29 is 4.79 Å². The van der Waals surface area contributed by atoms with Crippen LogP contribution >= 0.6 is 0 Å². The van der Waals surface area contributed by atoms with Crippen LogP contribution in [0.1, 0.15) is 16.8 Å². The lowest BCUT2D eigenvalue weighted by atomic mass is 10.1. The van der Waals surface area contributed by atoms with Crippen LogP contribution in [0.25, 0.3) is 10.9 Å². The van der Waals surface area contributed by atoms with Gasteiger partial charge in [-0.3, -0.25) is 9.59 Å². The van der Waals surface area contributed by atoms with Gasteiger partial charge in [-0.05, 0) is 60.2 Å². The van der Waals surface area contributed by atoms with E-state index in [0.29, 0.717) is 25.2 Å². The third-order valence-electron chi connectivity index (χ3n) is 5.77. The molecular weight excluding hydrogens is 414 g/mol. The van der Waals surface area contributed by atoms with E-state index in [1.807, 2.05) is 73.8 Å². The molecule has 5 N–H and O–H groups in total. The summed E-state index contributed by atoms with van der Waals surface area (Å²) in [6.07, 6.45) is 2.59. The maximum Gasteiger partial charge on any atom is 0.274 e. The number of rotatable bonds is 9. The second kappa shape index (κ2) is 10.2. The molecule has 0 aliphatic heterocycles. The lowest BCUT2D eigenvalue weighted by Gasteiger charge is -2.19. The molecule has 1 amide bonds. The van der Waals surface area contributed by atoms with Gasteiger partial charge in [0.2, 0.25) is 5.91 Å². The van der Waals surface area contributed by atoms with Crippen LogP contribution in [0.15, 0.2) is 77.7 Å². The van der Waals surface area contributed by atoms with Crippen molar-refractivity contribution in [3.63, 3.8) is 0 Å². The Morgan fingerprint density at radius 2 is 1.88 bits per heavy atom. The van der Waals surface area contributed by atoms with Gasteiger partial charge >= 0.3 is 0 Å². The maximum atomic E-state index is 13.1. The molecule has 2 aromatic heterocycles. The number of anilines is 1. The molecular formula is C26H29N5O2. The van der Waals surface area contributed by atoms with E-state index in [2.05, 4.69) is 15.6 Å². The lowest BCUT2D eigenvalue weighted by molar-refractivity contribution is -0.121. The van der Waals surface area contributed by atoms with Crippen LogP contribution in [0.2, 0.25) is 0 Å². The van der Waals surface area contributed by atoms with Crippen LogP contribution in [-0.2, 0) is 24.3 Å². The van der Waals surface area contributed by atoms with Crippen LogP contribution in [-0.4, -0.2) is 28.0 Å². The van der Waals surface area contributed by atoms with Crippen LogP contribution < -0.4 is 21.9 Å². The van der Waals surface area contributed by atoms with Gasteiger partial charge in [-0.1, -0.05) is 36.4 Å². The predicted octanol–water partition coefficient (Wildman–Crippen LogP) is 2.94. The highest BCUT2D eigenvalue weighted by Gasteiger charge is 2.14. The fourth-order valence-corrected chi connectivity index (χ4v) is 3.90. The van der Waals surface area contributed by atoms with Gasteiger partial charge in [0.25, 0.3) is 5.56 Å². The second-order valence-corrected chi connectivity index (χ2v) is 8.22. The standard InChI is InChI=1S/C26H29N5O2/c1-18-7-9-24(30-22(15-27)14-19-5-3-2-4-6-19)26(33)31(18)17-25(32)29-16-20-8-10-23-21(13-20)11-12-28-23/h2-13,22,28,30H,14-17,27H2,1H3,(H,29,32)/t22-/m1/s1. The maximum absolute atomic E-state index is 13.1. The number of H-pyrrole nitrogens is 1. The van der Waals surface area contributed by atoms with Gasteiger partial charge in [-0.15, -0.1) is 0 Å². The number of aromatic nitrogens is 2. The van der Waals surface area contributed by atoms with E-state index in [-0.39, 0.29) is 24.1 Å². The number of amides is 1. The van der Waals surface area contributed by atoms with Crippen molar-refractivity contribution in [1.29, 1.82) is 0 Å². The number of aryl methyl sites for hydroxylation is 1. The molecule has 33 heavy (non-hydrogen) atoms. The van der Waals surface area contributed by atoms with E-state index in [4.69, 9.17) is 5.73 Å². The summed E-state index contributed by atoms with van der Waals surface area (Å²) < 4.78 is 1.49. The van der Waals surface area contributed by atoms with Crippen molar-refractivity contribution in [1.82, 2.24) is 14.9 Å². The van der Waals surface area contributed by atoms with E-state index in [1.54, 1.807) is 6.07 Å². The first-order valence-electron chi connectivity index (χ1n) is 11.1. The SMILES string of the molecule is Cc1ccc(N[C@@H](CN)Cc2ccccc2)c(=O)n1CC(=O)NCc1ccc2[nH]ccc2c1. The number of pyridine rings is 1. The Balaban J connectivity index is 1.42. The van der Waals surface area contributed by atoms with Gasteiger partial charge in [0.05, 0.1) is 0 Å². The summed E-state index contributed by atoms with van der Waals surface area (Å²) in [4.78, 5) is 28.9. The molecule has 2 aromatic carbocycles. The first-order valence-corrected chi connectivity index (χ1v) is 11.1. The topological polar surface area (TPSA) is 105 Å². The summed E-state index contributed by atoms with van der Waals surface area (Å²) in [6, 6.07) is 21.5. The average Bonchev–Trinajstić information content (AvgIpc) is 3.30. The number of nitrogens with two attached hydrogens (primary N) is 1. The average molecular weight is 444 g/mol. The van der Waals surface area contributed by atoms with Crippen LogP contribution in [0.5, 0.6) is 0 Å². The van der Waals surface area contributed by atoms with Crippen molar-refractivity contribution in [2.45, 2.75) is 32.5 Å². The largest absolute Gasteiger partial charge is 0.376 e. The monoisotopic (exact) mass is 443 g/mol. The minimum Gasteiger partial charge on any atom is -0.376 e. The van der Waals surface area contributed by atoms with Gasteiger partial charge in [0.15, 0.2) is 0 Å². The zero-order valence-electron chi connectivity index (χ0n) is 18.7. The molecule has 7 heteroatoms. The smallest absolute Gasteiger partial charge is 0.274 e. The minimum atomic E-state index is -0.231. The van der Waals surface area contributed by atoms with Gasteiger partial charge in [0.1, 0.15) is 12.2 Å². The number of benzene rings is 2. The molecule has 170 valence electrons. The highest BCUT2D eigenvalue weighted by molar-refractivity contribution is 5.80. The van der Waals surface area contributed by atoms with Crippen molar-refractivity contribution in [2.24, 2.45) is 5.73 Å². The quantitative estimate of drug-likeness (QED) is 0.319. The highest BCUT2D eigenvalue weighted by Crippen LogP contribution is 2.14. The minimum absolute atomic E-state index is 0.0431. The number of aromatic amines is 1. The van der Waals surface area contributed by atoms with E-state index < -0.39 is 0 Å². The second-order valence-electron chi connectivity index (χ2n) is 8.22. The number of hydrogen-bond acceptors (Lipinski definition) is 4. The Morgan fingerprint density at radius 3 is 2.67 bits per heavy atom. The van der Waals surface area contributed by atoms with E-state index in [9.17, 15) is 9.59 Å². The first kappa shape index (κ1) is 22.4. The van der Waals surface area contributed by atoms with E-state index in [0.717, 1.165) is 27.7 Å². The zero-order valence-corrected chi connectivity index (χ0v) is 18.7. The van der Waals surface area contributed by atoms with Crippen LogP contribution in [0.3, 0.4) is 0 Å². The lowest BCUT2D eigenvalue weighted by Crippen LogP contribution is -2.37. The Morgan fingerprint density at radius 1 is 1.06 bits per heavy atom. The van der Waals surface area contributed by atoms with Gasteiger partial charge in [-0.2, -0.15) is 0 Å². The van der Waals surface area contributed by atoms with E-state index in [1.165, 1.54) is 4.57 Å². The van der Waals surface area contributed by atoms with Crippen molar-refractivity contribution in [3.05, 3.63) is 100 Å². The molecule has 0 saturated heterocycles. The Bertz CT molecular complexity index is 1290. The predicted molar refractivity (Wildman–Crippen MR) is 132 cm³/mol. The molecule has 4 aromatic rings. The number of carbonyl (C=O) groups is 1. The molecule has 0 fully saturated rings. The normalized spacial score (nSPS) is 11.9. The summed E-state index contributed by atoms with van der Waals surface area (Å²) >= 11 is 0. The molecule has 4 rings (SSSR count). The fraction of sp³-hybridized carbons (Fsp3) is 0.231. The van der Waals surface area contributed by atoms with Gasteiger partial charge in [0, 0.05) is 36.5 Å². The summed E-state index contributed by atoms with van der Waals surface area (Å²) in [7, 11) is 0. The third-order valence-corrected chi connectivity index (χ3v) is 5.77. The fourth-order valence-electron chi connectivity index (χ4n) is 3.90. The van der Waals surface area contributed by atoms with E-state index >= 15 is 0 Å². The number of nitrogens with one attached hydrogen (secondary N) is 3. The molecule has 0 saturated carbocycles. The van der Waals surface area contributed by atoms with Crippen molar-refractivity contribution >= 4 is 22.5 Å². The van der Waals surface area contributed by atoms with Crippen molar-refractivity contribution in [2.75, 3.05) is 11.9 Å². The Hall–Kier alpha value is -3.84. The van der Waals surface area contributed by atoms with Crippen molar-refractivity contribution in [3.8, 4) is 0 Å². The number of hydrogen-bond donors (Lipinski definition) is 4. The van der Waals surface area contributed by atoms with Gasteiger partial charge < -0.3 is 25.9 Å². The Labute approximate surface area is 192 Å². The Kier molecular flexibility index (Phi) is 6.90. The summed E-state index contributed by atoms with van der Waals surface area (Å²) in [5, 5.41) is 7.27. The molecule has 2 heterocycles. The molecule has 0 aliphatic rings. The number of nitrogens with zero attached hydrogens (tertiary/aromatic N) is 1. The molecule has 0 bridgehead atoms. The summed E-state index contributed by atoms with van der Waals surface area (Å²) in [6.45, 7) is 2.56.